The topological polar surface area (TPSA) is 0 Å². The van der Waals surface area contributed by atoms with Gasteiger partial charge in [-0.15, -0.1) is 0 Å². The average molecular weight is 222 g/mol. The Morgan fingerprint density at radius 3 is 1.75 bits per heavy atom. The summed E-state index contributed by atoms with van der Waals surface area (Å²) in [4.78, 5) is 0. The molecular formula is C16H30. The summed E-state index contributed by atoms with van der Waals surface area (Å²) in [6, 6.07) is 0. The summed E-state index contributed by atoms with van der Waals surface area (Å²) >= 11 is 0. The fourth-order valence-corrected chi connectivity index (χ4v) is 1.74. The minimum Gasteiger partial charge on any atom is -0.0846 e. The van der Waals surface area contributed by atoms with Gasteiger partial charge in [-0.25, -0.2) is 0 Å². The average Bonchev–Trinajstić information content (AvgIpc) is 2.31. The van der Waals surface area contributed by atoms with E-state index in [0.29, 0.717) is 0 Å². The largest absolute Gasteiger partial charge is 0.0846 e. The van der Waals surface area contributed by atoms with Crippen LogP contribution in [0.3, 0.4) is 0 Å². The highest BCUT2D eigenvalue weighted by atomic mass is 13.9. The molecular weight excluding hydrogens is 192 g/mol. The maximum absolute atomic E-state index is 2.30. The number of unbranched alkanes of at least 4 members (excludes halogenated alkanes) is 8. The van der Waals surface area contributed by atoms with Crippen LogP contribution in [0.15, 0.2) is 24.3 Å². The molecule has 0 atom stereocenters. The minimum absolute atomic E-state index is 1.21. The molecule has 0 heteroatoms. The SMILES string of the molecule is CCC/C=C\C=C/CCCCCCCCC. The third kappa shape index (κ3) is 13.5. The van der Waals surface area contributed by atoms with E-state index in [1.807, 2.05) is 0 Å². The van der Waals surface area contributed by atoms with Gasteiger partial charge in [-0.1, -0.05) is 83.1 Å². The first-order valence-corrected chi connectivity index (χ1v) is 7.23. The molecule has 0 aliphatic rings. The summed E-state index contributed by atoms with van der Waals surface area (Å²) in [5, 5.41) is 0. The van der Waals surface area contributed by atoms with E-state index in [4.69, 9.17) is 0 Å². The van der Waals surface area contributed by atoms with Crippen LogP contribution >= 0.6 is 0 Å². The number of hydrogen-bond donors (Lipinski definition) is 0. The lowest BCUT2D eigenvalue weighted by Crippen LogP contribution is -1.78. The first-order chi connectivity index (χ1) is 7.91. The normalized spacial score (nSPS) is 11.9. The third-order valence-corrected chi connectivity index (χ3v) is 2.81. The van der Waals surface area contributed by atoms with Gasteiger partial charge in [0.15, 0.2) is 0 Å². The summed E-state index contributed by atoms with van der Waals surface area (Å²) in [6.07, 6.45) is 22.5. The first kappa shape index (κ1) is 15.5. The molecule has 0 spiro atoms. The molecule has 0 aliphatic carbocycles. The summed E-state index contributed by atoms with van der Waals surface area (Å²) in [5.74, 6) is 0. The van der Waals surface area contributed by atoms with Crippen molar-refractivity contribution in [3.8, 4) is 0 Å². The molecule has 0 unspecified atom stereocenters. The second-order valence-corrected chi connectivity index (χ2v) is 4.55. The van der Waals surface area contributed by atoms with E-state index >= 15 is 0 Å². The predicted molar refractivity (Wildman–Crippen MR) is 75.8 cm³/mol. The van der Waals surface area contributed by atoms with Crippen molar-refractivity contribution < 1.29 is 0 Å². The fourth-order valence-electron chi connectivity index (χ4n) is 1.74. The lowest BCUT2D eigenvalue weighted by atomic mass is 10.1. The molecule has 0 aromatic carbocycles. The van der Waals surface area contributed by atoms with Crippen LogP contribution in [-0.4, -0.2) is 0 Å². The Kier molecular flexibility index (Phi) is 14.0. The number of allylic oxidation sites excluding steroid dienone is 4. The number of rotatable bonds is 11. The van der Waals surface area contributed by atoms with E-state index in [2.05, 4.69) is 38.2 Å². The minimum atomic E-state index is 1.21. The maximum Gasteiger partial charge on any atom is -0.0348 e. The molecule has 0 aromatic rings. The van der Waals surface area contributed by atoms with E-state index in [1.54, 1.807) is 0 Å². The molecule has 0 saturated heterocycles. The van der Waals surface area contributed by atoms with Crippen molar-refractivity contribution in [3.63, 3.8) is 0 Å². The highest BCUT2D eigenvalue weighted by molar-refractivity contribution is 5.02. The Morgan fingerprint density at radius 2 is 1.12 bits per heavy atom. The smallest absolute Gasteiger partial charge is 0.0348 e. The van der Waals surface area contributed by atoms with Gasteiger partial charge in [0.05, 0.1) is 0 Å². The van der Waals surface area contributed by atoms with Crippen molar-refractivity contribution in [1.29, 1.82) is 0 Å². The quantitative estimate of drug-likeness (QED) is 0.295. The zero-order valence-electron chi connectivity index (χ0n) is 11.4. The molecule has 0 saturated carbocycles. The monoisotopic (exact) mass is 222 g/mol. The van der Waals surface area contributed by atoms with Gasteiger partial charge in [0, 0.05) is 0 Å². The molecule has 0 aliphatic heterocycles. The highest BCUT2D eigenvalue weighted by Gasteiger charge is 1.88. The number of hydrogen-bond acceptors (Lipinski definition) is 0. The Bertz CT molecular complexity index is 165. The van der Waals surface area contributed by atoms with Crippen LogP contribution in [0.1, 0.15) is 78.1 Å². The molecule has 0 heterocycles. The summed E-state index contributed by atoms with van der Waals surface area (Å²) in [6.45, 7) is 4.49. The van der Waals surface area contributed by atoms with Gasteiger partial charge < -0.3 is 0 Å². The van der Waals surface area contributed by atoms with Gasteiger partial charge in [-0.3, -0.25) is 0 Å². The Balaban J connectivity index is 3.08. The van der Waals surface area contributed by atoms with Gasteiger partial charge in [0.1, 0.15) is 0 Å². The van der Waals surface area contributed by atoms with Crippen LogP contribution in [0, 0.1) is 0 Å². The van der Waals surface area contributed by atoms with Crippen LogP contribution in [0.2, 0.25) is 0 Å². The molecule has 0 N–H and O–H groups in total. The summed E-state index contributed by atoms with van der Waals surface area (Å²) < 4.78 is 0. The third-order valence-electron chi connectivity index (χ3n) is 2.81. The highest BCUT2D eigenvalue weighted by Crippen LogP contribution is 2.08. The van der Waals surface area contributed by atoms with Crippen molar-refractivity contribution >= 4 is 0 Å². The van der Waals surface area contributed by atoms with E-state index in [-0.39, 0.29) is 0 Å². The molecule has 0 amide bonds. The van der Waals surface area contributed by atoms with Crippen molar-refractivity contribution in [1.82, 2.24) is 0 Å². The van der Waals surface area contributed by atoms with E-state index < -0.39 is 0 Å². The van der Waals surface area contributed by atoms with Crippen molar-refractivity contribution in [2.24, 2.45) is 0 Å². The maximum atomic E-state index is 2.30. The molecule has 0 nitrogen and oxygen atoms in total. The zero-order chi connectivity index (χ0) is 11.9. The molecule has 0 bridgehead atoms. The van der Waals surface area contributed by atoms with Gasteiger partial charge in [0.25, 0.3) is 0 Å². The Morgan fingerprint density at radius 1 is 0.562 bits per heavy atom. The van der Waals surface area contributed by atoms with Crippen LogP contribution in [0.4, 0.5) is 0 Å². The van der Waals surface area contributed by atoms with Crippen LogP contribution in [0.5, 0.6) is 0 Å². The Labute approximate surface area is 103 Å². The van der Waals surface area contributed by atoms with Crippen LogP contribution < -0.4 is 0 Å². The molecule has 0 rings (SSSR count). The van der Waals surface area contributed by atoms with Crippen LogP contribution in [-0.2, 0) is 0 Å². The van der Waals surface area contributed by atoms with Gasteiger partial charge >= 0.3 is 0 Å². The Hall–Kier alpha value is -0.520. The van der Waals surface area contributed by atoms with Crippen molar-refractivity contribution in [2.75, 3.05) is 0 Å². The molecule has 0 fully saturated rings. The van der Waals surface area contributed by atoms with Crippen molar-refractivity contribution in [3.05, 3.63) is 24.3 Å². The fraction of sp³-hybridized carbons (Fsp3) is 0.750. The van der Waals surface area contributed by atoms with Crippen molar-refractivity contribution in [2.45, 2.75) is 78.1 Å². The van der Waals surface area contributed by atoms with Crippen LogP contribution in [0.25, 0.3) is 0 Å². The summed E-state index contributed by atoms with van der Waals surface area (Å²) in [5.41, 5.74) is 0. The lowest BCUT2D eigenvalue weighted by molar-refractivity contribution is 0.592. The first-order valence-electron chi connectivity index (χ1n) is 7.23. The van der Waals surface area contributed by atoms with Gasteiger partial charge in [-0.2, -0.15) is 0 Å². The van der Waals surface area contributed by atoms with Gasteiger partial charge in [0.2, 0.25) is 0 Å². The van der Waals surface area contributed by atoms with E-state index in [1.165, 1.54) is 64.2 Å². The van der Waals surface area contributed by atoms with E-state index in [9.17, 15) is 0 Å². The van der Waals surface area contributed by atoms with Gasteiger partial charge in [-0.05, 0) is 19.3 Å². The molecule has 16 heavy (non-hydrogen) atoms. The lowest BCUT2D eigenvalue weighted by Gasteiger charge is -1.98. The second-order valence-electron chi connectivity index (χ2n) is 4.55. The summed E-state index contributed by atoms with van der Waals surface area (Å²) in [7, 11) is 0. The molecule has 94 valence electrons. The predicted octanol–water partition coefficient (Wildman–Crippen LogP) is 6.04. The van der Waals surface area contributed by atoms with E-state index in [0.717, 1.165) is 0 Å². The standard InChI is InChI=1S/C16H30/c1-3-5-7-9-11-13-15-16-14-12-10-8-6-4-2/h7,9,11,13H,3-6,8,10,12,14-16H2,1-2H3/b9-7-,13-11-. The second kappa shape index (κ2) is 14.5. The molecule has 0 radical (unpaired) electrons. The zero-order valence-corrected chi connectivity index (χ0v) is 11.4. The molecule has 0 aromatic heterocycles.